The number of urea groups is 1. The molecule has 0 radical (unpaired) electrons. The molecule has 1 aromatic rings. The summed E-state index contributed by atoms with van der Waals surface area (Å²) in [5, 5.41) is 2.14. The van der Waals surface area contributed by atoms with E-state index in [1.54, 1.807) is 0 Å². The number of hydrogen-bond acceptors (Lipinski definition) is 5. The number of carbonyl (C=O) groups is 1. The molecule has 7 nitrogen and oxygen atoms in total. The number of rotatable bonds is 1. The normalized spacial score (nSPS) is 9.09. The van der Waals surface area contributed by atoms with Gasteiger partial charge in [-0.1, -0.05) is 0 Å². The van der Waals surface area contributed by atoms with Gasteiger partial charge in [-0.05, 0) is 0 Å². The molecule has 0 aliphatic rings. The average molecular weight is 154 g/mol. The first-order valence-corrected chi connectivity index (χ1v) is 2.69. The fourth-order valence-electron chi connectivity index (χ4n) is 0.479. The van der Waals surface area contributed by atoms with Crippen LogP contribution in [0.25, 0.3) is 0 Å². The summed E-state index contributed by atoms with van der Waals surface area (Å²) in [5.41, 5.74) is 9.96. The second-order valence-electron chi connectivity index (χ2n) is 1.66. The number of nitrogen functional groups attached to an aromatic ring is 1. The Hall–Kier alpha value is -1.92. The molecule has 0 aliphatic heterocycles. The Morgan fingerprint density at radius 1 is 1.55 bits per heavy atom. The summed E-state index contributed by atoms with van der Waals surface area (Å²) in [6, 6.07) is -0.740. The molecular formula is C4H6N6O. The molecule has 0 fully saturated rings. The van der Waals surface area contributed by atoms with Crippen molar-refractivity contribution in [1.82, 2.24) is 15.0 Å². The average Bonchev–Trinajstić information content (AvgIpc) is 1.85. The quantitative estimate of drug-likeness (QED) is 0.476. The highest BCUT2D eigenvalue weighted by Crippen LogP contribution is 1.95. The van der Waals surface area contributed by atoms with Crippen LogP contribution in [0.1, 0.15) is 0 Å². The topological polar surface area (TPSA) is 120 Å². The van der Waals surface area contributed by atoms with Gasteiger partial charge >= 0.3 is 6.03 Å². The van der Waals surface area contributed by atoms with Crippen molar-refractivity contribution in [3.63, 3.8) is 0 Å². The second kappa shape index (κ2) is 2.78. The van der Waals surface area contributed by atoms with Gasteiger partial charge in [0.15, 0.2) is 0 Å². The van der Waals surface area contributed by atoms with Gasteiger partial charge in [0.1, 0.15) is 6.33 Å². The molecule has 1 aromatic heterocycles. The van der Waals surface area contributed by atoms with Gasteiger partial charge in [-0.15, -0.1) is 0 Å². The number of nitrogens with two attached hydrogens (primary N) is 2. The minimum absolute atomic E-state index is 0.0313. The summed E-state index contributed by atoms with van der Waals surface area (Å²) in [6.45, 7) is 0. The van der Waals surface area contributed by atoms with Crippen LogP contribution in [-0.4, -0.2) is 21.0 Å². The number of hydrogen-bond donors (Lipinski definition) is 3. The molecule has 7 heteroatoms. The zero-order chi connectivity index (χ0) is 8.27. The first kappa shape index (κ1) is 7.19. The lowest BCUT2D eigenvalue weighted by Crippen LogP contribution is -2.21. The molecule has 0 saturated carbocycles. The number of carbonyl (C=O) groups excluding carboxylic acids is 1. The predicted octanol–water partition coefficient (Wildman–Crippen LogP) is -1.06. The van der Waals surface area contributed by atoms with Crippen LogP contribution in [0.3, 0.4) is 0 Å². The van der Waals surface area contributed by atoms with Crippen molar-refractivity contribution in [3.05, 3.63) is 6.33 Å². The summed E-state index contributed by atoms with van der Waals surface area (Å²) in [4.78, 5) is 20.9. The molecule has 58 valence electrons. The van der Waals surface area contributed by atoms with Crippen molar-refractivity contribution in [2.45, 2.75) is 0 Å². The third-order valence-corrected chi connectivity index (χ3v) is 0.825. The van der Waals surface area contributed by atoms with E-state index in [9.17, 15) is 4.79 Å². The smallest absolute Gasteiger partial charge is 0.319 e. The van der Waals surface area contributed by atoms with E-state index in [0.717, 1.165) is 0 Å². The Morgan fingerprint density at radius 2 is 2.27 bits per heavy atom. The Labute approximate surface area is 61.8 Å². The first-order valence-electron chi connectivity index (χ1n) is 2.69. The minimum atomic E-state index is -0.740. The van der Waals surface area contributed by atoms with Crippen LogP contribution in [0.5, 0.6) is 0 Å². The zero-order valence-electron chi connectivity index (χ0n) is 5.48. The lowest BCUT2D eigenvalue weighted by atomic mass is 10.8. The largest absolute Gasteiger partial charge is 0.368 e. The molecule has 0 aromatic carbocycles. The van der Waals surface area contributed by atoms with Gasteiger partial charge in [0.2, 0.25) is 11.9 Å². The van der Waals surface area contributed by atoms with E-state index >= 15 is 0 Å². The van der Waals surface area contributed by atoms with Crippen LogP contribution >= 0.6 is 0 Å². The number of aromatic nitrogens is 3. The van der Waals surface area contributed by atoms with E-state index in [-0.39, 0.29) is 11.9 Å². The summed E-state index contributed by atoms with van der Waals surface area (Å²) < 4.78 is 0. The van der Waals surface area contributed by atoms with Gasteiger partial charge < -0.3 is 11.5 Å². The van der Waals surface area contributed by atoms with Crippen LogP contribution in [0, 0.1) is 0 Å². The summed E-state index contributed by atoms with van der Waals surface area (Å²) >= 11 is 0. The monoisotopic (exact) mass is 154 g/mol. The van der Waals surface area contributed by atoms with Gasteiger partial charge in [0.25, 0.3) is 0 Å². The Kier molecular flexibility index (Phi) is 1.81. The fraction of sp³-hybridized carbons (Fsp3) is 0. The lowest BCUT2D eigenvalue weighted by Gasteiger charge is -1.97. The van der Waals surface area contributed by atoms with Crippen molar-refractivity contribution in [2.24, 2.45) is 5.73 Å². The van der Waals surface area contributed by atoms with E-state index < -0.39 is 6.03 Å². The number of primary amides is 1. The molecule has 11 heavy (non-hydrogen) atoms. The summed E-state index contributed by atoms with van der Waals surface area (Å²) in [7, 11) is 0. The zero-order valence-corrected chi connectivity index (χ0v) is 5.48. The minimum Gasteiger partial charge on any atom is -0.368 e. The van der Waals surface area contributed by atoms with Crippen LogP contribution in [0.2, 0.25) is 0 Å². The van der Waals surface area contributed by atoms with Crippen LogP contribution < -0.4 is 16.8 Å². The van der Waals surface area contributed by atoms with E-state index in [4.69, 9.17) is 11.5 Å². The molecule has 0 aliphatic carbocycles. The second-order valence-corrected chi connectivity index (χ2v) is 1.66. The highest BCUT2D eigenvalue weighted by atomic mass is 16.2. The van der Waals surface area contributed by atoms with Crippen LogP contribution in [0.15, 0.2) is 6.33 Å². The number of nitrogens with zero attached hydrogens (tertiary/aromatic N) is 3. The molecule has 1 heterocycles. The van der Waals surface area contributed by atoms with Gasteiger partial charge in [-0.2, -0.15) is 4.98 Å². The maximum Gasteiger partial charge on any atom is 0.319 e. The molecule has 1 rings (SSSR count). The number of nitrogens with one attached hydrogen (secondary N) is 1. The Balaban J connectivity index is 2.79. The number of amides is 2. The van der Waals surface area contributed by atoms with E-state index in [1.165, 1.54) is 6.33 Å². The van der Waals surface area contributed by atoms with Gasteiger partial charge in [0, 0.05) is 0 Å². The highest BCUT2D eigenvalue weighted by molar-refractivity contribution is 5.85. The molecule has 0 atom stereocenters. The van der Waals surface area contributed by atoms with Crippen molar-refractivity contribution in [3.8, 4) is 0 Å². The first-order chi connectivity index (χ1) is 5.18. The summed E-state index contributed by atoms with van der Waals surface area (Å²) in [5.74, 6) is 0.0775. The van der Waals surface area contributed by atoms with E-state index in [1.807, 2.05) is 0 Å². The number of anilines is 2. The van der Waals surface area contributed by atoms with E-state index in [2.05, 4.69) is 20.3 Å². The summed E-state index contributed by atoms with van der Waals surface area (Å²) in [6.07, 6.45) is 1.17. The van der Waals surface area contributed by atoms with Crippen molar-refractivity contribution in [2.75, 3.05) is 11.1 Å². The van der Waals surface area contributed by atoms with Crippen LogP contribution in [0.4, 0.5) is 16.7 Å². The third-order valence-electron chi connectivity index (χ3n) is 0.825. The van der Waals surface area contributed by atoms with Gasteiger partial charge in [-0.3, -0.25) is 5.32 Å². The Bertz CT molecular complexity index is 273. The van der Waals surface area contributed by atoms with Crippen molar-refractivity contribution in [1.29, 1.82) is 0 Å². The molecule has 0 bridgehead atoms. The SMILES string of the molecule is NC(=O)Nc1ncnc(N)n1. The van der Waals surface area contributed by atoms with Crippen molar-refractivity contribution >= 4 is 17.9 Å². The molecular weight excluding hydrogens is 148 g/mol. The van der Waals surface area contributed by atoms with Crippen LogP contribution in [-0.2, 0) is 0 Å². The van der Waals surface area contributed by atoms with Crippen molar-refractivity contribution < 1.29 is 4.79 Å². The van der Waals surface area contributed by atoms with E-state index in [0.29, 0.717) is 0 Å². The maximum atomic E-state index is 10.2. The third kappa shape index (κ3) is 2.05. The standard InChI is InChI=1S/C4H6N6O/c5-2-7-1-8-4(9-2)10-3(6)11/h1H,(H5,5,6,7,8,9,10,11). The maximum absolute atomic E-state index is 10.2. The Morgan fingerprint density at radius 3 is 2.82 bits per heavy atom. The highest BCUT2D eigenvalue weighted by Gasteiger charge is 1.98. The predicted molar refractivity (Wildman–Crippen MR) is 37.4 cm³/mol. The molecule has 5 N–H and O–H groups in total. The molecule has 0 saturated heterocycles. The lowest BCUT2D eigenvalue weighted by molar-refractivity contribution is 0.259. The van der Waals surface area contributed by atoms with Gasteiger partial charge in [-0.25, -0.2) is 14.8 Å². The van der Waals surface area contributed by atoms with Gasteiger partial charge in [0.05, 0.1) is 0 Å². The molecule has 2 amide bonds. The molecule has 0 unspecified atom stereocenters. The molecule has 0 spiro atoms. The fourth-order valence-corrected chi connectivity index (χ4v) is 0.479.